The molecule has 0 aromatic heterocycles. The molecule has 1 aliphatic heterocycles. The van der Waals surface area contributed by atoms with Gasteiger partial charge in [-0.05, 0) is 25.3 Å². The first-order chi connectivity index (χ1) is 10.1. The van der Waals surface area contributed by atoms with Crippen LogP contribution in [0, 0.1) is 0 Å². The summed E-state index contributed by atoms with van der Waals surface area (Å²) in [5, 5.41) is 3.45. The van der Waals surface area contributed by atoms with E-state index in [-0.39, 0.29) is 17.6 Å². The van der Waals surface area contributed by atoms with Gasteiger partial charge in [-0.3, -0.25) is 0 Å². The van der Waals surface area contributed by atoms with Crippen LogP contribution in [0.2, 0.25) is 0 Å². The molecule has 1 aliphatic carbocycles. The zero-order valence-corrected chi connectivity index (χ0v) is 13.0. The third-order valence-corrected chi connectivity index (χ3v) is 5.65. The van der Waals surface area contributed by atoms with Gasteiger partial charge < -0.3 is 14.8 Å². The molecule has 0 radical (unpaired) electrons. The van der Waals surface area contributed by atoms with E-state index in [1.807, 2.05) is 18.2 Å². The Hall–Kier alpha value is -1.27. The van der Waals surface area contributed by atoms with Gasteiger partial charge in [0.15, 0.2) is 9.84 Å². The van der Waals surface area contributed by atoms with Gasteiger partial charge >= 0.3 is 0 Å². The van der Waals surface area contributed by atoms with Gasteiger partial charge in [0, 0.05) is 24.2 Å². The second kappa shape index (κ2) is 5.85. The third kappa shape index (κ3) is 3.89. The van der Waals surface area contributed by atoms with Crippen molar-refractivity contribution in [3.63, 3.8) is 0 Å². The fraction of sp³-hybridized carbons (Fsp3) is 0.600. The van der Waals surface area contributed by atoms with E-state index in [1.54, 1.807) is 7.11 Å². The summed E-state index contributed by atoms with van der Waals surface area (Å²) in [7, 11) is -1.32. The Bertz CT molecular complexity index is 610. The maximum atomic E-state index is 11.5. The minimum Gasteiger partial charge on any atom is -0.497 e. The summed E-state index contributed by atoms with van der Waals surface area (Å²) in [6, 6.07) is 6.34. The average molecular weight is 311 g/mol. The molecule has 1 aromatic rings. The lowest BCUT2D eigenvalue weighted by molar-refractivity contribution is 0.225. The summed E-state index contributed by atoms with van der Waals surface area (Å²) in [6.45, 7) is 0.740. The first-order valence-corrected chi connectivity index (χ1v) is 9.15. The summed E-state index contributed by atoms with van der Waals surface area (Å²) in [6.07, 6.45) is 2.77. The Kier molecular flexibility index (Phi) is 4.08. The lowest BCUT2D eigenvalue weighted by Crippen LogP contribution is -2.20. The fourth-order valence-electron chi connectivity index (χ4n) is 2.49. The molecular formula is C15H21NO4S. The van der Waals surface area contributed by atoms with E-state index >= 15 is 0 Å². The van der Waals surface area contributed by atoms with Gasteiger partial charge in [-0.1, -0.05) is 6.07 Å². The molecule has 1 N–H and O–H groups in total. The average Bonchev–Trinajstić information content (AvgIpc) is 3.21. The van der Waals surface area contributed by atoms with Crippen LogP contribution in [0.25, 0.3) is 0 Å². The first-order valence-electron chi connectivity index (χ1n) is 7.33. The van der Waals surface area contributed by atoms with Crippen LogP contribution in [-0.2, 0) is 16.4 Å². The first kappa shape index (κ1) is 14.7. The molecule has 2 fully saturated rings. The highest BCUT2D eigenvalue weighted by atomic mass is 32.2. The van der Waals surface area contributed by atoms with Gasteiger partial charge in [-0.25, -0.2) is 8.42 Å². The van der Waals surface area contributed by atoms with Gasteiger partial charge in [-0.15, -0.1) is 0 Å². The molecule has 1 aromatic carbocycles. The Balaban J connectivity index is 1.73. The summed E-state index contributed by atoms with van der Waals surface area (Å²) in [5.74, 6) is 1.78. The van der Waals surface area contributed by atoms with Crippen molar-refractivity contribution < 1.29 is 17.9 Å². The smallest absolute Gasteiger partial charge is 0.154 e. The zero-order chi connectivity index (χ0) is 14.9. The minimum atomic E-state index is -2.93. The van der Waals surface area contributed by atoms with Crippen molar-refractivity contribution >= 4 is 9.84 Å². The minimum absolute atomic E-state index is 0.111. The largest absolute Gasteiger partial charge is 0.497 e. The highest BCUT2D eigenvalue weighted by Crippen LogP contribution is 2.29. The van der Waals surface area contributed by atoms with E-state index in [0.717, 1.165) is 23.6 Å². The van der Waals surface area contributed by atoms with E-state index in [4.69, 9.17) is 9.47 Å². The fourth-order valence-corrected chi connectivity index (χ4v) is 4.08. The van der Waals surface area contributed by atoms with Crippen LogP contribution in [0.3, 0.4) is 0 Å². The molecular weight excluding hydrogens is 290 g/mol. The maximum Gasteiger partial charge on any atom is 0.154 e. The van der Waals surface area contributed by atoms with E-state index in [0.29, 0.717) is 12.5 Å². The quantitative estimate of drug-likeness (QED) is 0.863. The van der Waals surface area contributed by atoms with Crippen molar-refractivity contribution in [2.24, 2.45) is 0 Å². The number of hydrogen-bond acceptors (Lipinski definition) is 5. The molecule has 5 nitrogen and oxygen atoms in total. The van der Waals surface area contributed by atoms with Crippen molar-refractivity contribution in [3.8, 4) is 11.5 Å². The number of rotatable bonds is 6. The molecule has 1 heterocycles. The third-order valence-electron chi connectivity index (χ3n) is 3.92. The second-order valence-electron chi connectivity index (χ2n) is 5.77. The molecule has 1 saturated heterocycles. The highest BCUT2D eigenvalue weighted by molar-refractivity contribution is 7.91. The van der Waals surface area contributed by atoms with E-state index < -0.39 is 9.84 Å². The van der Waals surface area contributed by atoms with Crippen molar-refractivity contribution in [3.05, 3.63) is 23.8 Å². The summed E-state index contributed by atoms with van der Waals surface area (Å²) in [5.41, 5.74) is 1.05. The molecule has 0 bridgehead atoms. The number of benzene rings is 1. The summed E-state index contributed by atoms with van der Waals surface area (Å²) in [4.78, 5) is 0. The molecule has 0 spiro atoms. The van der Waals surface area contributed by atoms with Crippen LogP contribution in [0.15, 0.2) is 18.2 Å². The molecule has 21 heavy (non-hydrogen) atoms. The predicted octanol–water partition coefficient (Wildman–Crippen LogP) is 1.51. The molecule has 6 heteroatoms. The van der Waals surface area contributed by atoms with Gasteiger partial charge in [0.2, 0.25) is 0 Å². The number of hydrogen-bond donors (Lipinski definition) is 1. The van der Waals surface area contributed by atoms with E-state index in [9.17, 15) is 8.42 Å². The molecule has 1 saturated carbocycles. The molecule has 0 amide bonds. The molecule has 3 rings (SSSR count). The number of ether oxygens (including phenoxy) is 2. The summed E-state index contributed by atoms with van der Waals surface area (Å²) < 4.78 is 34.3. The van der Waals surface area contributed by atoms with Gasteiger partial charge in [0.1, 0.15) is 17.6 Å². The molecule has 1 unspecified atom stereocenters. The van der Waals surface area contributed by atoms with Crippen molar-refractivity contribution in [2.75, 3.05) is 18.6 Å². The second-order valence-corrected chi connectivity index (χ2v) is 8.00. The summed E-state index contributed by atoms with van der Waals surface area (Å²) >= 11 is 0. The molecule has 116 valence electrons. The van der Waals surface area contributed by atoms with Crippen LogP contribution >= 0.6 is 0 Å². The van der Waals surface area contributed by atoms with E-state index in [2.05, 4.69) is 5.32 Å². The molecule has 1 atom stereocenters. The van der Waals surface area contributed by atoms with Crippen LogP contribution in [0.4, 0.5) is 0 Å². The topological polar surface area (TPSA) is 64.6 Å². The van der Waals surface area contributed by atoms with Crippen LogP contribution in [-0.4, -0.2) is 39.2 Å². The zero-order valence-electron chi connectivity index (χ0n) is 12.2. The maximum absolute atomic E-state index is 11.5. The van der Waals surface area contributed by atoms with Crippen LogP contribution in [0.1, 0.15) is 24.8 Å². The van der Waals surface area contributed by atoms with Gasteiger partial charge in [-0.2, -0.15) is 0 Å². The van der Waals surface area contributed by atoms with Crippen molar-refractivity contribution in [2.45, 2.75) is 38.0 Å². The highest BCUT2D eigenvalue weighted by Gasteiger charge is 2.30. The standard InChI is InChI=1S/C15H21NO4S/c1-19-13-5-2-11(9-16-12-3-4-12)15(8-13)20-14-6-7-21(17,18)10-14/h2,5,8,12,14,16H,3-4,6-7,9-10H2,1H3. The van der Waals surface area contributed by atoms with Crippen molar-refractivity contribution in [1.29, 1.82) is 0 Å². The normalized spacial score (nSPS) is 24.0. The van der Waals surface area contributed by atoms with Gasteiger partial charge in [0.25, 0.3) is 0 Å². The lowest BCUT2D eigenvalue weighted by atomic mass is 10.2. The van der Waals surface area contributed by atoms with Crippen molar-refractivity contribution in [1.82, 2.24) is 5.32 Å². The van der Waals surface area contributed by atoms with Crippen LogP contribution < -0.4 is 14.8 Å². The van der Waals surface area contributed by atoms with Gasteiger partial charge in [0.05, 0.1) is 18.6 Å². The monoisotopic (exact) mass is 311 g/mol. The number of methoxy groups -OCH3 is 1. The number of nitrogens with one attached hydrogen (secondary N) is 1. The Morgan fingerprint density at radius 1 is 1.29 bits per heavy atom. The predicted molar refractivity (Wildman–Crippen MR) is 80.5 cm³/mol. The van der Waals surface area contributed by atoms with E-state index in [1.165, 1.54) is 12.8 Å². The van der Waals surface area contributed by atoms with Crippen LogP contribution in [0.5, 0.6) is 11.5 Å². The Morgan fingerprint density at radius 2 is 2.10 bits per heavy atom. The lowest BCUT2D eigenvalue weighted by Gasteiger charge is -2.17. The Labute approximate surface area is 125 Å². The number of sulfone groups is 1. The Morgan fingerprint density at radius 3 is 2.71 bits per heavy atom. The molecule has 2 aliphatic rings. The SMILES string of the molecule is COc1ccc(CNC2CC2)c(OC2CCS(=O)(=O)C2)c1.